The number of aliphatic carboxylic acids is 4. The van der Waals surface area contributed by atoms with Gasteiger partial charge in [0.25, 0.3) is 11.8 Å². The van der Waals surface area contributed by atoms with Crippen LogP contribution in [0.2, 0.25) is 0 Å². The van der Waals surface area contributed by atoms with Crippen molar-refractivity contribution in [2.75, 3.05) is 24.5 Å². The number of carbonyl (C=O) groups excluding carboxylic acids is 6. The topological polar surface area (TPSA) is 306 Å². The average molecular weight is 845 g/mol. The molecule has 3 aromatic carbocycles. The molecule has 2 aliphatic heterocycles. The number of carboxylic acids is 4. The monoisotopic (exact) mass is 844 g/mol. The number of imide groups is 1. The van der Waals surface area contributed by atoms with E-state index in [0.717, 1.165) is 48.3 Å². The fraction of sp³-hybridized carbons (Fsp3) is 0.366. The third-order valence-corrected chi connectivity index (χ3v) is 10.2. The van der Waals surface area contributed by atoms with Crippen molar-refractivity contribution in [2.24, 2.45) is 0 Å². The number of piperidine rings is 1. The first kappa shape index (κ1) is 44.7. The van der Waals surface area contributed by atoms with Gasteiger partial charge in [0.15, 0.2) is 0 Å². The molecule has 0 aliphatic carbocycles. The van der Waals surface area contributed by atoms with Crippen molar-refractivity contribution in [3.63, 3.8) is 0 Å². The first-order valence-electron chi connectivity index (χ1n) is 19.3. The quantitative estimate of drug-likeness (QED) is 0.0719. The summed E-state index contributed by atoms with van der Waals surface area (Å²) in [5, 5.41) is 47.1. The summed E-state index contributed by atoms with van der Waals surface area (Å²) in [4.78, 5) is 131. The van der Waals surface area contributed by atoms with Crippen LogP contribution in [0.3, 0.4) is 0 Å². The fourth-order valence-electron chi connectivity index (χ4n) is 7.24. The molecule has 61 heavy (non-hydrogen) atoms. The highest BCUT2D eigenvalue weighted by Gasteiger charge is 2.37. The van der Waals surface area contributed by atoms with Gasteiger partial charge in [-0.15, -0.1) is 0 Å². The van der Waals surface area contributed by atoms with Crippen molar-refractivity contribution < 1.29 is 68.4 Å². The van der Waals surface area contributed by atoms with Crippen molar-refractivity contribution in [2.45, 2.75) is 75.5 Å². The lowest BCUT2D eigenvalue weighted by atomic mass is 9.92. The zero-order valence-corrected chi connectivity index (χ0v) is 32.6. The molecule has 4 atom stereocenters. The summed E-state index contributed by atoms with van der Waals surface area (Å²) in [5.74, 6) is -12.6. The maximum absolute atomic E-state index is 13.9. The normalized spacial score (nSPS) is 15.5. The van der Waals surface area contributed by atoms with E-state index >= 15 is 0 Å². The number of hydrogen-bond donors (Lipinski definition) is 8. The van der Waals surface area contributed by atoms with E-state index in [1.807, 2.05) is 17.4 Å². The van der Waals surface area contributed by atoms with E-state index in [2.05, 4.69) is 20.9 Å². The lowest BCUT2D eigenvalue weighted by Crippen LogP contribution is -2.59. The molecule has 322 valence electrons. The Labute approximate surface area is 347 Å². The summed E-state index contributed by atoms with van der Waals surface area (Å²) in [7, 11) is 0. The van der Waals surface area contributed by atoms with Crippen LogP contribution in [0.4, 0.5) is 5.69 Å². The Bertz CT molecular complexity index is 2220. The fourth-order valence-corrected chi connectivity index (χ4v) is 7.24. The van der Waals surface area contributed by atoms with Gasteiger partial charge in [0.1, 0.15) is 30.7 Å². The van der Waals surface area contributed by atoms with Gasteiger partial charge in [-0.1, -0.05) is 42.5 Å². The first-order valence-corrected chi connectivity index (χ1v) is 19.3. The Hall–Kier alpha value is -7.38. The number of rotatable bonds is 20. The van der Waals surface area contributed by atoms with Crippen LogP contribution >= 0.6 is 0 Å². The Morgan fingerprint density at radius 1 is 0.590 bits per heavy atom. The second-order valence-electron chi connectivity index (χ2n) is 14.6. The lowest BCUT2D eigenvalue weighted by Gasteiger charge is -2.32. The molecule has 0 spiro atoms. The van der Waals surface area contributed by atoms with Gasteiger partial charge in [-0.3, -0.25) is 48.1 Å². The number of amides is 6. The number of nitrogens with zero attached hydrogens (tertiary/aromatic N) is 2. The molecular weight excluding hydrogens is 800 g/mol. The molecule has 1 fully saturated rings. The van der Waals surface area contributed by atoms with Crippen LogP contribution in [0.25, 0.3) is 10.8 Å². The van der Waals surface area contributed by atoms with Crippen LogP contribution in [0.5, 0.6) is 0 Å². The van der Waals surface area contributed by atoms with E-state index in [9.17, 15) is 63.3 Å². The third-order valence-electron chi connectivity index (χ3n) is 10.2. The second-order valence-corrected chi connectivity index (χ2v) is 14.6. The molecule has 0 aromatic heterocycles. The Kier molecular flexibility index (Phi) is 14.7. The SMILES string of the molecule is O=C(O)CC[C@H](NC(=O)[C@H](CC(=O)O)NC(=O)[C@H](Cc1ccccc1)NC(=O)CN1C(=O)c2cccc3c(N4CCCCC4)ccc(c23)C1=O)C(=O)N[C@@H](CC(=O)O)C(=O)O. The van der Waals surface area contributed by atoms with E-state index in [1.54, 1.807) is 48.5 Å². The van der Waals surface area contributed by atoms with Gasteiger partial charge in [-0.05, 0) is 49.4 Å². The van der Waals surface area contributed by atoms with Crippen LogP contribution in [0, 0.1) is 0 Å². The number of carbonyl (C=O) groups is 10. The van der Waals surface area contributed by atoms with E-state index in [-0.39, 0.29) is 17.5 Å². The maximum atomic E-state index is 13.9. The lowest BCUT2D eigenvalue weighted by molar-refractivity contribution is -0.147. The van der Waals surface area contributed by atoms with E-state index in [0.29, 0.717) is 10.9 Å². The summed E-state index contributed by atoms with van der Waals surface area (Å²) < 4.78 is 0. The molecule has 3 aromatic rings. The Balaban J connectivity index is 1.35. The summed E-state index contributed by atoms with van der Waals surface area (Å²) in [5.41, 5.74) is 1.79. The summed E-state index contributed by atoms with van der Waals surface area (Å²) in [6.07, 6.45) is -0.689. The molecule has 0 radical (unpaired) electrons. The summed E-state index contributed by atoms with van der Waals surface area (Å²) in [6, 6.07) is 9.37. The van der Waals surface area contributed by atoms with Crippen molar-refractivity contribution in [1.82, 2.24) is 26.2 Å². The molecule has 20 nitrogen and oxygen atoms in total. The molecule has 2 heterocycles. The van der Waals surface area contributed by atoms with Crippen molar-refractivity contribution >= 4 is 75.8 Å². The molecule has 6 amide bonds. The number of nitrogens with one attached hydrogen (secondary N) is 4. The van der Waals surface area contributed by atoms with Crippen molar-refractivity contribution in [1.29, 1.82) is 0 Å². The van der Waals surface area contributed by atoms with Crippen LogP contribution in [0.1, 0.15) is 71.2 Å². The van der Waals surface area contributed by atoms with Crippen molar-refractivity contribution in [3.05, 3.63) is 77.4 Å². The molecule has 2 aliphatic rings. The van der Waals surface area contributed by atoms with Gasteiger partial charge in [0, 0.05) is 53.5 Å². The third kappa shape index (κ3) is 11.4. The average Bonchev–Trinajstić information content (AvgIpc) is 3.22. The molecule has 0 unspecified atom stereocenters. The van der Waals surface area contributed by atoms with Gasteiger partial charge in [0.05, 0.1) is 12.8 Å². The molecule has 20 heteroatoms. The smallest absolute Gasteiger partial charge is 0.326 e. The predicted octanol–water partition coefficient (Wildman–Crippen LogP) is 0.507. The van der Waals surface area contributed by atoms with Gasteiger partial charge >= 0.3 is 23.9 Å². The molecular formula is C41H44N6O14. The predicted molar refractivity (Wildman–Crippen MR) is 212 cm³/mol. The molecule has 1 saturated heterocycles. The van der Waals surface area contributed by atoms with Gasteiger partial charge in [0.2, 0.25) is 23.6 Å². The number of hydrogen-bond acceptors (Lipinski definition) is 11. The highest BCUT2D eigenvalue weighted by Crippen LogP contribution is 2.36. The standard InChI is InChI=1S/C41H44N6O14/c48-31(21-47-39(58)24-11-7-10-23-30(46-16-5-2-6-17-46)14-12-25(35(23)24)40(47)59)42-27(18-22-8-3-1-4-9-22)37(56)44-28(19-33(51)52)38(57)43-26(13-15-32(49)50)36(55)45-29(41(60)61)20-34(53)54/h1,3-4,7-12,14,26-29H,2,5-6,13,15-21H2,(H,42,48)(H,43,57)(H,44,56)(H,45,55)(H,49,50)(H,51,52)(H,53,54)(H,60,61)/t26-,27-,28-,29-/m0/s1. The number of anilines is 1. The highest BCUT2D eigenvalue weighted by molar-refractivity contribution is 6.27. The molecule has 0 bridgehead atoms. The molecule has 8 N–H and O–H groups in total. The summed E-state index contributed by atoms with van der Waals surface area (Å²) in [6.45, 7) is 0.822. The van der Waals surface area contributed by atoms with Crippen LogP contribution in [-0.2, 0) is 44.8 Å². The molecule has 5 rings (SSSR count). The van der Waals surface area contributed by atoms with E-state index in [1.165, 1.54) is 0 Å². The minimum atomic E-state index is -1.98. The summed E-state index contributed by atoms with van der Waals surface area (Å²) >= 11 is 0. The Morgan fingerprint density at radius 2 is 1.16 bits per heavy atom. The molecule has 0 saturated carbocycles. The van der Waals surface area contributed by atoms with Crippen LogP contribution < -0.4 is 26.2 Å². The zero-order valence-electron chi connectivity index (χ0n) is 32.6. The van der Waals surface area contributed by atoms with Crippen LogP contribution in [-0.4, -0.2) is 128 Å². The van der Waals surface area contributed by atoms with E-state index < -0.39 is 116 Å². The Morgan fingerprint density at radius 3 is 1.79 bits per heavy atom. The number of carboxylic acid groups (broad SMARTS) is 4. The largest absolute Gasteiger partial charge is 0.481 e. The first-order chi connectivity index (χ1) is 29.0. The van der Waals surface area contributed by atoms with Crippen LogP contribution in [0.15, 0.2) is 60.7 Å². The van der Waals surface area contributed by atoms with Crippen molar-refractivity contribution in [3.8, 4) is 0 Å². The minimum absolute atomic E-state index is 0.204. The van der Waals surface area contributed by atoms with Gasteiger partial charge in [-0.25, -0.2) is 4.79 Å². The highest BCUT2D eigenvalue weighted by atomic mass is 16.4. The second kappa shape index (κ2) is 20.1. The minimum Gasteiger partial charge on any atom is -0.481 e. The van der Waals surface area contributed by atoms with Gasteiger partial charge < -0.3 is 46.6 Å². The van der Waals surface area contributed by atoms with Gasteiger partial charge in [-0.2, -0.15) is 0 Å². The van der Waals surface area contributed by atoms with E-state index in [4.69, 9.17) is 5.11 Å². The zero-order chi connectivity index (χ0) is 44.4. The maximum Gasteiger partial charge on any atom is 0.326 e. The number of benzene rings is 3.